The van der Waals surface area contributed by atoms with Gasteiger partial charge in [0.05, 0.1) is 0 Å². The Bertz CT molecular complexity index is 490. The highest BCUT2D eigenvalue weighted by atomic mass is 79.9. The maximum Gasteiger partial charge on any atom is 0.249 e. The Hall–Kier alpha value is -1.36. The minimum absolute atomic E-state index is 0.0224. The van der Waals surface area contributed by atoms with E-state index >= 15 is 0 Å². The zero-order valence-electron chi connectivity index (χ0n) is 10.9. The number of amides is 2. The minimum atomic E-state index is -0.404. The first-order valence-electron chi connectivity index (χ1n) is 6.48. The van der Waals surface area contributed by atoms with E-state index in [-0.39, 0.29) is 11.8 Å². The van der Waals surface area contributed by atoms with Crippen LogP contribution in [-0.4, -0.2) is 24.4 Å². The van der Waals surface area contributed by atoms with Gasteiger partial charge < -0.3 is 10.2 Å². The fraction of sp³-hybridized carbons (Fsp3) is 0.429. The van der Waals surface area contributed by atoms with Crippen LogP contribution in [-0.2, 0) is 9.59 Å². The van der Waals surface area contributed by atoms with Crippen LogP contribution in [0.15, 0.2) is 28.7 Å². The molecule has 0 aliphatic carbocycles. The van der Waals surface area contributed by atoms with E-state index in [0.29, 0.717) is 19.4 Å². The van der Waals surface area contributed by atoms with Crippen molar-refractivity contribution in [1.82, 2.24) is 5.32 Å². The Morgan fingerprint density at radius 2 is 2.21 bits per heavy atom. The Morgan fingerprint density at radius 1 is 1.42 bits per heavy atom. The monoisotopic (exact) mass is 324 g/mol. The molecule has 0 radical (unpaired) electrons. The Balaban J connectivity index is 2.28. The molecule has 4 nitrogen and oxygen atoms in total. The Labute approximate surface area is 121 Å². The molecule has 2 rings (SSSR count). The highest BCUT2D eigenvalue weighted by molar-refractivity contribution is 9.10. The molecule has 19 heavy (non-hydrogen) atoms. The van der Waals surface area contributed by atoms with Crippen molar-refractivity contribution in [3.63, 3.8) is 0 Å². The maximum atomic E-state index is 12.5. The van der Waals surface area contributed by atoms with Crippen molar-refractivity contribution in [1.29, 1.82) is 0 Å². The van der Waals surface area contributed by atoms with Crippen LogP contribution in [0.3, 0.4) is 0 Å². The first-order chi connectivity index (χ1) is 9.11. The number of nitrogens with zero attached hydrogens (tertiary/aromatic N) is 1. The topological polar surface area (TPSA) is 49.4 Å². The van der Waals surface area contributed by atoms with Gasteiger partial charge in [-0.2, -0.15) is 0 Å². The van der Waals surface area contributed by atoms with Crippen molar-refractivity contribution in [2.45, 2.75) is 32.2 Å². The number of hydrogen-bond acceptors (Lipinski definition) is 2. The van der Waals surface area contributed by atoms with E-state index < -0.39 is 6.04 Å². The zero-order valence-corrected chi connectivity index (χ0v) is 12.4. The molecule has 1 unspecified atom stereocenters. The Morgan fingerprint density at radius 3 is 2.89 bits per heavy atom. The van der Waals surface area contributed by atoms with Gasteiger partial charge in [0.15, 0.2) is 0 Å². The average molecular weight is 325 g/mol. The van der Waals surface area contributed by atoms with Crippen LogP contribution in [0.25, 0.3) is 0 Å². The summed E-state index contributed by atoms with van der Waals surface area (Å²) in [6.07, 6.45) is 1.89. The summed E-state index contributed by atoms with van der Waals surface area (Å²) in [7, 11) is 0. The highest BCUT2D eigenvalue weighted by Crippen LogP contribution is 2.22. The van der Waals surface area contributed by atoms with E-state index in [2.05, 4.69) is 21.2 Å². The number of benzene rings is 1. The third-order valence-corrected chi connectivity index (χ3v) is 3.65. The molecule has 1 heterocycles. The fourth-order valence-corrected chi connectivity index (χ4v) is 2.61. The summed E-state index contributed by atoms with van der Waals surface area (Å²) < 4.78 is 0.924. The SMILES string of the molecule is CCCC1NC(=O)CCN(c2cccc(Br)c2)C1=O. The number of carbonyl (C=O) groups excluding carboxylic acids is 2. The Kier molecular flexibility index (Phi) is 4.58. The van der Waals surface area contributed by atoms with E-state index in [0.717, 1.165) is 16.6 Å². The molecule has 102 valence electrons. The van der Waals surface area contributed by atoms with Gasteiger partial charge in [-0.05, 0) is 24.6 Å². The van der Waals surface area contributed by atoms with Crippen molar-refractivity contribution in [2.75, 3.05) is 11.4 Å². The second kappa shape index (κ2) is 6.19. The van der Waals surface area contributed by atoms with Crippen LogP contribution in [0.4, 0.5) is 5.69 Å². The molecular weight excluding hydrogens is 308 g/mol. The average Bonchev–Trinajstić information content (AvgIpc) is 2.51. The summed E-state index contributed by atoms with van der Waals surface area (Å²) >= 11 is 3.41. The molecule has 5 heteroatoms. The number of nitrogens with one attached hydrogen (secondary N) is 1. The van der Waals surface area contributed by atoms with Crippen LogP contribution in [0, 0.1) is 0 Å². The van der Waals surface area contributed by atoms with Gasteiger partial charge in [-0.25, -0.2) is 0 Å². The van der Waals surface area contributed by atoms with Crippen molar-refractivity contribution in [3.05, 3.63) is 28.7 Å². The van der Waals surface area contributed by atoms with Crippen molar-refractivity contribution >= 4 is 33.4 Å². The minimum Gasteiger partial charge on any atom is -0.344 e. The molecule has 1 saturated heterocycles. The van der Waals surface area contributed by atoms with Crippen molar-refractivity contribution < 1.29 is 9.59 Å². The smallest absolute Gasteiger partial charge is 0.249 e. The molecule has 1 aromatic rings. The number of halogens is 1. The summed E-state index contributed by atoms with van der Waals surface area (Å²) in [5.74, 6) is -0.0740. The van der Waals surface area contributed by atoms with Crippen molar-refractivity contribution in [3.8, 4) is 0 Å². The molecule has 1 aliphatic rings. The third-order valence-electron chi connectivity index (χ3n) is 3.16. The number of anilines is 1. The van der Waals surface area contributed by atoms with Crippen molar-refractivity contribution in [2.24, 2.45) is 0 Å². The fourth-order valence-electron chi connectivity index (χ4n) is 2.22. The highest BCUT2D eigenvalue weighted by Gasteiger charge is 2.29. The molecule has 1 aliphatic heterocycles. The second-order valence-corrected chi connectivity index (χ2v) is 5.54. The van der Waals surface area contributed by atoms with E-state index in [4.69, 9.17) is 0 Å². The first kappa shape index (κ1) is 14.1. The molecule has 0 bridgehead atoms. The van der Waals surface area contributed by atoms with Gasteiger partial charge in [-0.3, -0.25) is 9.59 Å². The van der Waals surface area contributed by atoms with Crippen LogP contribution < -0.4 is 10.2 Å². The van der Waals surface area contributed by atoms with Crippen LogP contribution >= 0.6 is 15.9 Å². The molecule has 1 fully saturated rings. The van der Waals surface area contributed by atoms with Gasteiger partial charge in [0.1, 0.15) is 6.04 Å². The number of hydrogen-bond donors (Lipinski definition) is 1. The predicted octanol–water partition coefficient (Wildman–Crippen LogP) is 2.47. The summed E-state index contributed by atoms with van der Waals surface area (Å²) in [4.78, 5) is 25.8. The van der Waals surface area contributed by atoms with Gasteiger partial charge in [-0.15, -0.1) is 0 Å². The molecule has 0 spiro atoms. The van der Waals surface area contributed by atoms with E-state index in [1.54, 1.807) is 4.90 Å². The quantitative estimate of drug-likeness (QED) is 0.928. The third kappa shape index (κ3) is 3.35. The van der Waals surface area contributed by atoms with Crippen LogP contribution in [0.2, 0.25) is 0 Å². The molecule has 1 atom stereocenters. The van der Waals surface area contributed by atoms with Gasteiger partial charge in [-0.1, -0.05) is 35.3 Å². The second-order valence-electron chi connectivity index (χ2n) is 4.63. The van der Waals surface area contributed by atoms with Gasteiger partial charge in [0, 0.05) is 23.1 Å². The van der Waals surface area contributed by atoms with E-state index in [9.17, 15) is 9.59 Å². The lowest BCUT2D eigenvalue weighted by Crippen LogP contribution is -2.44. The molecule has 0 saturated carbocycles. The molecular formula is C14H17BrN2O2. The molecule has 0 aromatic heterocycles. The summed E-state index contributed by atoms with van der Waals surface area (Å²) in [5, 5.41) is 2.80. The first-order valence-corrected chi connectivity index (χ1v) is 7.27. The van der Waals surface area contributed by atoms with E-state index in [1.807, 2.05) is 31.2 Å². The lowest BCUT2D eigenvalue weighted by Gasteiger charge is -2.24. The number of carbonyl (C=O) groups is 2. The van der Waals surface area contributed by atoms with Gasteiger partial charge in [0.25, 0.3) is 0 Å². The normalized spacial score (nSPS) is 20.1. The number of rotatable bonds is 3. The largest absolute Gasteiger partial charge is 0.344 e. The van der Waals surface area contributed by atoms with Gasteiger partial charge >= 0.3 is 0 Å². The summed E-state index contributed by atoms with van der Waals surface area (Å²) in [6.45, 7) is 2.44. The standard InChI is InChI=1S/C14H17BrN2O2/c1-2-4-12-14(19)17(8-7-13(18)16-12)11-6-3-5-10(15)9-11/h3,5-6,9,12H,2,4,7-8H2,1H3,(H,16,18). The van der Waals surface area contributed by atoms with Crippen LogP contribution in [0.5, 0.6) is 0 Å². The molecule has 2 amide bonds. The van der Waals surface area contributed by atoms with E-state index in [1.165, 1.54) is 0 Å². The molecule has 1 N–H and O–H groups in total. The predicted molar refractivity (Wildman–Crippen MR) is 78.0 cm³/mol. The zero-order chi connectivity index (χ0) is 13.8. The lowest BCUT2D eigenvalue weighted by atomic mass is 10.1. The molecule has 1 aromatic carbocycles. The summed E-state index contributed by atoms with van der Waals surface area (Å²) in [6, 6.07) is 7.19. The maximum absolute atomic E-state index is 12.5. The van der Waals surface area contributed by atoms with Gasteiger partial charge in [0.2, 0.25) is 11.8 Å². The lowest BCUT2D eigenvalue weighted by molar-refractivity contribution is -0.125. The van der Waals surface area contributed by atoms with Crippen LogP contribution in [0.1, 0.15) is 26.2 Å². The summed E-state index contributed by atoms with van der Waals surface area (Å²) in [5.41, 5.74) is 0.831.